The van der Waals surface area contributed by atoms with Gasteiger partial charge >= 0.3 is 23.6 Å². The number of carbonyl (C=O) groups excluding carboxylic acids is 4. The summed E-state index contributed by atoms with van der Waals surface area (Å²) in [6.45, 7) is 8.98. The van der Waals surface area contributed by atoms with Gasteiger partial charge in [0, 0.05) is 96.2 Å². The van der Waals surface area contributed by atoms with Gasteiger partial charge in [-0.05, 0) is 92.8 Å². The highest BCUT2D eigenvalue weighted by molar-refractivity contribution is 6.76. The molecule has 0 spiro atoms. The van der Waals surface area contributed by atoms with E-state index >= 15 is 0 Å². The van der Waals surface area contributed by atoms with Crippen LogP contribution >= 0.6 is 0 Å². The van der Waals surface area contributed by atoms with Gasteiger partial charge in [0.2, 0.25) is 0 Å². The molecule has 0 aliphatic rings. The van der Waals surface area contributed by atoms with Gasteiger partial charge in [0.1, 0.15) is 11.5 Å². The van der Waals surface area contributed by atoms with Crippen molar-refractivity contribution in [3.63, 3.8) is 0 Å². The number of unbranched alkanes of at least 4 members (excludes halogenated alkanes) is 16. The molecule has 0 saturated heterocycles. The number of hydrogen-bond acceptors (Lipinski definition) is 13. The first-order valence-electron chi connectivity index (χ1n) is 32.5. The van der Waals surface area contributed by atoms with Gasteiger partial charge in [-0.25, -0.2) is 4.79 Å². The highest BCUT2D eigenvalue weighted by Crippen LogP contribution is 2.23. The van der Waals surface area contributed by atoms with Crippen LogP contribution in [0.3, 0.4) is 0 Å². The summed E-state index contributed by atoms with van der Waals surface area (Å²) in [5.41, 5.74) is 4.30. The summed E-state index contributed by atoms with van der Waals surface area (Å²) in [4.78, 5) is 49.7. The minimum atomic E-state index is -2.41. The lowest BCUT2D eigenvalue weighted by atomic mass is 10.0. The van der Waals surface area contributed by atoms with Crippen LogP contribution in [0.4, 0.5) is 0 Å². The second-order valence-corrected chi connectivity index (χ2v) is 35.5. The van der Waals surface area contributed by atoms with Crippen molar-refractivity contribution in [1.29, 1.82) is 0 Å². The van der Waals surface area contributed by atoms with Gasteiger partial charge in [0.15, 0.2) is 17.3 Å². The lowest BCUT2D eigenvalue weighted by molar-refractivity contribution is 0.0497. The maximum absolute atomic E-state index is 12.6. The Morgan fingerprint density at radius 2 is 0.578 bits per heavy atom. The van der Waals surface area contributed by atoms with Gasteiger partial charge in [0.25, 0.3) is 0 Å². The first kappa shape index (κ1) is 76.3. The molecule has 490 valence electrons. The molecule has 0 saturated carbocycles. The van der Waals surface area contributed by atoms with E-state index in [0.29, 0.717) is 45.6 Å². The number of carbonyl (C=O) groups is 4. The van der Waals surface area contributed by atoms with Crippen molar-refractivity contribution < 1.29 is 59.9 Å². The molecular weight excluding hydrogens is 1180 g/mol. The van der Waals surface area contributed by atoms with Crippen molar-refractivity contribution in [1.82, 2.24) is 0 Å². The first-order valence-corrected chi connectivity index (χ1v) is 40.0. The summed E-state index contributed by atoms with van der Waals surface area (Å²) in [7, 11) is 4.23. The maximum Gasteiger partial charge on any atom is 0.500 e. The molecule has 0 unspecified atom stereocenters. The van der Waals surface area contributed by atoms with Crippen LogP contribution in [0.5, 0.6) is 11.5 Å². The van der Waals surface area contributed by atoms with Crippen LogP contribution in [-0.4, -0.2) is 111 Å². The van der Waals surface area contributed by atoms with Crippen molar-refractivity contribution in [2.45, 2.75) is 160 Å². The highest BCUT2D eigenvalue weighted by Gasteiger charge is 2.37. The molecule has 0 aliphatic heterocycles. The van der Waals surface area contributed by atoms with E-state index in [1.54, 1.807) is 79.1 Å². The number of hydrogen-bond donors (Lipinski definition) is 0. The summed E-state index contributed by atoms with van der Waals surface area (Å²) in [6, 6.07) is 52.4. The second kappa shape index (κ2) is 44.3. The molecule has 0 aromatic heterocycles. The Morgan fingerprint density at radius 1 is 0.289 bits per heavy atom. The van der Waals surface area contributed by atoms with Crippen molar-refractivity contribution in [3.05, 3.63) is 203 Å². The predicted molar refractivity (Wildman–Crippen MR) is 369 cm³/mol. The van der Waals surface area contributed by atoms with Crippen LogP contribution in [-0.2, 0) is 31.3 Å². The molecule has 90 heavy (non-hydrogen) atoms. The van der Waals surface area contributed by atoms with Crippen LogP contribution in [0.2, 0.25) is 37.8 Å². The Labute approximate surface area is 542 Å². The molecule has 0 atom stereocenters. The molecule has 6 rings (SSSR count). The molecule has 0 N–H and O–H groups in total. The molecular formula is C74H104O13Si3. The molecule has 0 heterocycles. The van der Waals surface area contributed by atoms with E-state index in [-0.39, 0.29) is 23.3 Å². The van der Waals surface area contributed by atoms with Crippen LogP contribution in [0.1, 0.15) is 180 Å². The fraction of sp³-hybridized carbons (Fsp3) is 0.459. The predicted octanol–water partition coefficient (Wildman–Crippen LogP) is 18.2. The van der Waals surface area contributed by atoms with E-state index < -0.39 is 25.7 Å². The van der Waals surface area contributed by atoms with Crippen LogP contribution in [0, 0.1) is 0 Å². The molecule has 0 fully saturated rings. The minimum Gasteiger partial charge on any atom is -0.494 e. The smallest absolute Gasteiger partial charge is 0.494 e. The standard InChI is InChI=1S/C28H40O6Si.C27H40O5Si.C19H24O2Si/c1-31-35(32-2,33-3)22-15-10-8-6-4-5-7-9-14-21-34-28(30)26-20-16-19-25(23-26)27(29)24-17-12-11-13-18-24;1-29-33(30-2,31-3)23-15-10-8-6-4-5-7-9-14-22-32-26-20-18-25(19-21-26)27(28)24-16-12-11-13-17-24;1-22(2,3)15-7-14-21-18-12-10-17(11-13-18)19(20)16-8-5-4-6-9-16/h11-13,16-20,23H,4-10,14-15,21-22H2,1-3H3;11-13,16-21H,4-10,14-15,22-23H2,1-3H3;4-6,8-13H,7,14-15H2,1-3H3. The topological polar surface area (TPSA) is 151 Å². The van der Waals surface area contributed by atoms with E-state index in [1.165, 1.54) is 83.1 Å². The Hall–Kier alpha value is -6.19. The highest BCUT2D eigenvalue weighted by atomic mass is 28.4. The average molecular weight is 1290 g/mol. The third-order valence-electron chi connectivity index (χ3n) is 15.7. The molecule has 0 amide bonds. The molecule has 16 heteroatoms. The SMILES string of the molecule is CO[Si](CCCCCCCCCCCOC(=O)c1cccc(C(=O)c2ccccc2)c1)(OC)OC.CO[Si](CCCCCCCCCCCOc1ccc(C(=O)c2ccccc2)cc1)(OC)OC.C[Si](C)(C)CCCOc1ccc(C(=O)c2ccccc2)cc1. The van der Waals surface area contributed by atoms with E-state index in [9.17, 15) is 19.2 Å². The summed E-state index contributed by atoms with van der Waals surface area (Å²) in [5.74, 6) is 1.26. The van der Waals surface area contributed by atoms with E-state index in [2.05, 4.69) is 19.6 Å². The maximum atomic E-state index is 12.6. The van der Waals surface area contributed by atoms with Crippen molar-refractivity contribution >= 4 is 49.0 Å². The van der Waals surface area contributed by atoms with Crippen LogP contribution in [0.25, 0.3) is 0 Å². The van der Waals surface area contributed by atoms with Gasteiger partial charge in [-0.15, -0.1) is 0 Å². The second-order valence-electron chi connectivity index (χ2n) is 23.7. The summed E-state index contributed by atoms with van der Waals surface area (Å²) in [6.07, 6.45) is 22.2. The van der Waals surface area contributed by atoms with E-state index in [0.717, 1.165) is 81.7 Å². The normalized spacial score (nSPS) is 11.4. The summed E-state index contributed by atoms with van der Waals surface area (Å²) >= 11 is 0. The quantitative estimate of drug-likeness (QED) is 0.0155. The zero-order valence-corrected chi connectivity index (χ0v) is 58.6. The number of benzene rings is 6. The Kier molecular flexibility index (Phi) is 37.6. The van der Waals surface area contributed by atoms with Gasteiger partial charge in [0.05, 0.1) is 25.4 Å². The van der Waals surface area contributed by atoms with E-state index in [4.69, 9.17) is 40.8 Å². The molecule has 6 aromatic carbocycles. The summed E-state index contributed by atoms with van der Waals surface area (Å²) < 4.78 is 49.7. The molecule has 13 nitrogen and oxygen atoms in total. The molecule has 0 radical (unpaired) electrons. The third kappa shape index (κ3) is 29.8. The monoisotopic (exact) mass is 1280 g/mol. The van der Waals surface area contributed by atoms with Crippen LogP contribution < -0.4 is 9.47 Å². The number of ketones is 3. The zero-order valence-electron chi connectivity index (χ0n) is 55.6. The van der Waals surface area contributed by atoms with Crippen molar-refractivity contribution in [2.75, 3.05) is 62.5 Å². The van der Waals surface area contributed by atoms with Crippen LogP contribution in [0.15, 0.2) is 164 Å². The van der Waals surface area contributed by atoms with Crippen molar-refractivity contribution in [3.8, 4) is 11.5 Å². The Bertz CT molecular complexity index is 2860. The zero-order chi connectivity index (χ0) is 65.1. The van der Waals surface area contributed by atoms with Gasteiger partial charge in [-0.2, -0.15) is 0 Å². The fourth-order valence-electron chi connectivity index (χ4n) is 10.2. The summed E-state index contributed by atoms with van der Waals surface area (Å²) in [5, 5.41) is 0. The van der Waals surface area contributed by atoms with E-state index in [1.807, 2.05) is 127 Å². The number of esters is 1. The van der Waals surface area contributed by atoms with Crippen molar-refractivity contribution in [2.24, 2.45) is 0 Å². The molecule has 0 aliphatic carbocycles. The minimum absolute atomic E-state index is 0.0389. The lowest BCUT2D eigenvalue weighted by Crippen LogP contribution is -2.42. The lowest BCUT2D eigenvalue weighted by Gasteiger charge is -2.24. The van der Waals surface area contributed by atoms with Gasteiger partial charge in [-0.3, -0.25) is 14.4 Å². The molecule has 0 bridgehead atoms. The Morgan fingerprint density at radius 3 is 0.933 bits per heavy atom. The number of rotatable bonds is 43. The largest absolute Gasteiger partial charge is 0.500 e. The van der Waals surface area contributed by atoms with Gasteiger partial charge in [-0.1, -0.05) is 219 Å². The molecule has 6 aromatic rings. The third-order valence-corrected chi connectivity index (χ3v) is 23.2. The van der Waals surface area contributed by atoms with Gasteiger partial charge < -0.3 is 40.8 Å². The number of ether oxygens (including phenoxy) is 3. The average Bonchev–Trinajstić information content (AvgIpc) is 3.56. The first-order chi connectivity index (χ1) is 43.6. The fourth-order valence-corrected chi connectivity index (χ4v) is 15.0. The Balaban J connectivity index is 0.000000296.